The van der Waals surface area contributed by atoms with Crippen molar-refractivity contribution in [3.63, 3.8) is 0 Å². The zero-order valence-corrected chi connectivity index (χ0v) is 17.3. The van der Waals surface area contributed by atoms with E-state index in [0.717, 1.165) is 29.9 Å². The van der Waals surface area contributed by atoms with E-state index in [4.69, 9.17) is 4.42 Å². The molecule has 5 rings (SSSR count). The molecule has 154 valence electrons. The molecule has 2 aliphatic heterocycles. The fourth-order valence-corrected chi connectivity index (χ4v) is 4.80. The molecular formula is C22H22N4O3S. The van der Waals surface area contributed by atoms with E-state index in [9.17, 15) is 9.59 Å². The van der Waals surface area contributed by atoms with Gasteiger partial charge >= 0.3 is 0 Å². The Morgan fingerprint density at radius 1 is 1.07 bits per heavy atom. The van der Waals surface area contributed by atoms with Gasteiger partial charge in [-0.3, -0.25) is 14.5 Å². The van der Waals surface area contributed by atoms with E-state index in [1.807, 2.05) is 45.5 Å². The topological polar surface area (TPSA) is 69.9 Å². The van der Waals surface area contributed by atoms with Crippen LogP contribution in [0.2, 0.25) is 0 Å². The van der Waals surface area contributed by atoms with Crippen molar-refractivity contribution in [3.8, 4) is 11.1 Å². The van der Waals surface area contributed by atoms with Crippen molar-refractivity contribution in [1.29, 1.82) is 0 Å². The third-order valence-electron chi connectivity index (χ3n) is 5.87. The van der Waals surface area contributed by atoms with E-state index in [-0.39, 0.29) is 17.9 Å². The highest BCUT2D eigenvalue weighted by Crippen LogP contribution is 2.28. The molecule has 0 aliphatic carbocycles. The van der Waals surface area contributed by atoms with Gasteiger partial charge in [-0.2, -0.15) is 0 Å². The molecule has 1 atom stereocenters. The van der Waals surface area contributed by atoms with Crippen LogP contribution in [0.3, 0.4) is 0 Å². The number of hydrogen-bond donors (Lipinski definition) is 0. The van der Waals surface area contributed by atoms with Gasteiger partial charge < -0.3 is 14.2 Å². The van der Waals surface area contributed by atoms with Gasteiger partial charge in [-0.15, -0.1) is 11.3 Å². The van der Waals surface area contributed by atoms with Gasteiger partial charge in [0.25, 0.3) is 5.91 Å². The molecule has 0 spiro atoms. The lowest BCUT2D eigenvalue weighted by Gasteiger charge is -2.37. The Labute approximate surface area is 178 Å². The average Bonchev–Trinajstić information content (AvgIpc) is 3.55. The third kappa shape index (κ3) is 3.64. The van der Waals surface area contributed by atoms with Crippen LogP contribution in [0, 0.1) is 0 Å². The zero-order chi connectivity index (χ0) is 20.5. The van der Waals surface area contributed by atoms with Crippen LogP contribution in [0.1, 0.15) is 16.2 Å². The van der Waals surface area contributed by atoms with E-state index in [1.54, 1.807) is 18.7 Å². The van der Waals surface area contributed by atoms with Gasteiger partial charge in [0.2, 0.25) is 5.91 Å². The monoisotopic (exact) mass is 422 g/mol. The molecule has 1 unspecified atom stereocenters. The van der Waals surface area contributed by atoms with Gasteiger partial charge in [-0.25, -0.2) is 4.98 Å². The van der Waals surface area contributed by atoms with Gasteiger partial charge in [0.1, 0.15) is 0 Å². The predicted octanol–water partition coefficient (Wildman–Crippen LogP) is 2.97. The quantitative estimate of drug-likeness (QED) is 0.647. The van der Waals surface area contributed by atoms with Crippen molar-refractivity contribution >= 4 is 28.8 Å². The Morgan fingerprint density at radius 2 is 1.87 bits per heavy atom. The number of amides is 2. The van der Waals surface area contributed by atoms with Crippen molar-refractivity contribution in [1.82, 2.24) is 14.8 Å². The molecule has 0 N–H and O–H groups in total. The molecule has 2 saturated heterocycles. The molecule has 0 bridgehead atoms. The standard InChI is InChI=1S/C22H22N4O3S/c27-20-13-19(24-7-9-25(10-8-24)22(28)21-23-6-12-30-21)14-26(20)18-3-1-16(2-4-18)17-5-11-29-15-17/h1-6,11-12,15,19H,7-10,13-14H2. The summed E-state index contributed by atoms with van der Waals surface area (Å²) < 4.78 is 5.14. The molecule has 8 heteroatoms. The summed E-state index contributed by atoms with van der Waals surface area (Å²) in [6.45, 7) is 3.58. The molecule has 30 heavy (non-hydrogen) atoms. The summed E-state index contributed by atoms with van der Waals surface area (Å²) in [7, 11) is 0. The zero-order valence-electron chi connectivity index (χ0n) is 16.4. The highest BCUT2D eigenvalue weighted by atomic mass is 32.1. The lowest BCUT2D eigenvalue weighted by atomic mass is 10.1. The average molecular weight is 423 g/mol. The van der Waals surface area contributed by atoms with Crippen molar-refractivity contribution in [2.45, 2.75) is 12.5 Å². The van der Waals surface area contributed by atoms with Gasteiger partial charge in [0.15, 0.2) is 5.01 Å². The summed E-state index contributed by atoms with van der Waals surface area (Å²) in [5, 5.41) is 2.37. The molecular weight excluding hydrogens is 400 g/mol. The number of carbonyl (C=O) groups is 2. The van der Waals surface area contributed by atoms with Crippen molar-refractivity contribution < 1.29 is 14.0 Å². The number of piperazine rings is 1. The van der Waals surface area contributed by atoms with Crippen LogP contribution in [-0.2, 0) is 4.79 Å². The van der Waals surface area contributed by atoms with E-state index < -0.39 is 0 Å². The molecule has 2 aliphatic rings. The second-order valence-corrected chi connectivity index (χ2v) is 8.48. The first-order chi connectivity index (χ1) is 14.7. The summed E-state index contributed by atoms with van der Waals surface area (Å²) in [6.07, 6.45) is 5.55. The Balaban J connectivity index is 1.20. The van der Waals surface area contributed by atoms with Crippen LogP contribution >= 0.6 is 11.3 Å². The number of furan rings is 1. The smallest absolute Gasteiger partial charge is 0.282 e. The SMILES string of the molecule is O=C(c1nccs1)N1CCN(C2CC(=O)N(c3ccc(-c4ccoc4)cc3)C2)CC1. The van der Waals surface area contributed by atoms with Crippen LogP contribution in [0.25, 0.3) is 11.1 Å². The second kappa shape index (κ2) is 8.04. The molecule has 3 aromatic rings. The number of nitrogens with zero attached hydrogens (tertiary/aromatic N) is 4. The number of rotatable bonds is 4. The lowest BCUT2D eigenvalue weighted by molar-refractivity contribution is -0.117. The van der Waals surface area contributed by atoms with Gasteiger partial charge in [-0.1, -0.05) is 12.1 Å². The van der Waals surface area contributed by atoms with Crippen LogP contribution in [0.5, 0.6) is 0 Å². The molecule has 7 nitrogen and oxygen atoms in total. The minimum Gasteiger partial charge on any atom is -0.472 e. The first kappa shape index (κ1) is 19.0. The summed E-state index contributed by atoms with van der Waals surface area (Å²) in [4.78, 5) is 35.3. The first-order valence-corrected chi connectivity index (χ1v) is 10.9. The number of benzene rings is 1. The Hall–Kier alpha value is -2.97. The largest absolute Gasteiger partial charge is 0.472 e. The number of hydrogen-bond acceptors (Lipinski definition) is 6. The van der Waals surface area contributed by atoms with Crippen molar-refractivity contribution in [2.75, 3.05) is 37.6 Å². The maximum atomic E-state index is 12.7. The number of anilines is 1. The Bertz CT molecular complexity index is 1010. The maximum absolute atomic E-state index is 12.7. The van der Waals surface area contributed by atoms with Gasteiger partial charge in [-0.05, 0) is 23.8 Å². The summed E-state index contributed by atoms with van der Waals surface area (Å²) in [5.41, 5.74) is 3.02. The van der Waals surface area contributed by atoms with Crippen LogP contribution in [0.15, 0.2) is 58.9 Å². The van der Waals surface area contributed by atoms with Crippen molar-refractivity contribution in [3.05, 3.63) is 59.4 Å². The maximum Gasteiger partial charge on any atom is 0.282 e. The molecule has 4 heterocycles. The number of aromatic nitrogens is 1. The molecule has 2 amide bonds. The summed E-state index contributed by atoms with van der Waals surface area (Å²) in [6, 6.07) is 10.1. The predicted molar refractivity (Wildman–Crippen MR) is 114 cm³/mol. The Morgan fingerprint density at radius 3 is 2.53 bits per heavy atom. The molecule has 2 aromatic heterocycles. The van der Waals surface area contributed by atoms with Crippen molar-refractivity contribution in [2.24, 2.45) is 0 Å². The molecule has 2 fully saturated rings. The second-order valence-electron chi connectivity index (χ2n) is 7.59. The van der Waals surface area contributed by atoms with Crippen LogP contribution in [-0.4, -0.2) is 65.4 Å². The fraction of sp³-hybridized carbons (Fsp3) is 0.318. The number of carbonyl (C=O) groups excluding carboxylic acids is 2. The first-order valence-electron chi connectivity index (χ1n) is 10.0. The van der Waals surface area contributed by atoms with E-state index in [1.165, 1.54) is 11.3 Å². The van der Waals surface area contributed by atoms with E-state index >= 15 is 0 Å². The highest BCUT2D eigenvalue weighted by molar-refractivity contribution is 7.11. The summed E-state index contributed by atoms with van der Waals surface area (Å²) in [5.74, 6) is 0.156. The van der Waals surface area contributed by atoms with Gasteiger partial charge in [0, 0.05) is 68.0 Å². The minimum absolute atomic E-state index is 0.00601. The van der Waals surface area contributed by atoms with Crippen LogP contribution < -0.4 is 4.90 Å². The Kier molecular flexibility index (Phi) is 5.10. The lowest BCUT2D eigenvalue weighted by Crippen LogP contribution is -2.52. The van der Waals surface area contributed by atoms with Gasteiger partial charge in [0.05, 0.1) is 12.5 Å². The molecule has 1 aromatic carbocycles. The number of thiazole rings is 1. The summed E-state index contributed by atoms with van der Waals surface area (Å²) >= 11 is 1.38. The van der Waals surface area contributed by atoms with E-state index in [2.05, 4.69) is 9.88 Å². The molecule has 0 radical (unpaired) electrons. The highest BCUT2D eigenvalue weighted by Gasteiger charge is 2.36. The molecule has 0 saturated carbocycles. The fourth-order valence-electron chi connectivity index (χ4n) is 4.20. The van der Waals surface area contributed by atoms with Crippen LogP contribution in [0.4, 0.5) is 5.69 Å². The van der Waals surface area contributed by atoms with E-state index in [0.29, 0.717) is 31.1 Å². The third-order valence-corrected chi connectivity index (χ3v) is 6.63. The normalized spacial score (nSPS) is 20.1. The minimum atomic E-state index is 0.00601.